The van der Waals surface area contributed by atoms with Crippen molar-refractivity contribution in [1.82, 2.24) is 0 Å². The third-order valence-electron chi connectivity index (χ3n) is 2.38. The van der Waals surface area contributed by atoms with E-state index in [1.165, 1.54) is 26.5 Å². The molecule has 0 spiro atoms. The molecule has 0 fully saturated rings. The second-order valence-corrected chi connectivity index (χ2v) is 3.67. The molecule has 7 nitrogen and oxygen atoms in total. The van der Waals surface area contributed by atoms with E-state index < -0.39 is 5.97 Å². The standard InChI is InChI=1S/C13H17NO6/c1-4-20-10(16)7-14-6-8-5-9(15)12(18-2)13(19-3)11(8)17/h5-6,15,17H,4,7H2,1-3H3. The number of ether oxygens (including phenoxy) is 3. The number of nitrogens with zero attached hydrogens (tertiary/aromatic N) is 1. The van der Waals surface area contributed by atoms with Crippen LogP contribution in [0, 0.1) is 0 Å². The summed E-state index contributed by atoms with van der Waals surface area (Å²) in [5.41, 5.74) is 0.199. The number of methoxy groups -OCH3 is 2. The maximum Gasteiger partial charge on any atom is 0.327 e. The van der Waals surface area contributed by atoms with Gasteiger partial charge in [0.1, 0.15) is 6.54 Å². The zero-order valence-corrected chi connectivity index (χ0v) is 11.5. The molecule has 0 bridgehead atoms. The van der Waals surface area contributed by atoms with Crippen LogP contribution in [0.2, 0.25) is 0 Å². The number of esters is 1. The van der Waals surface area contributed by atoms with Gasteiger partial charge >= 0.3 is 5.97 Å². The van der Waals surface area contributed by atoms with E-state index >= 15 is 0 Å². The Morgan fingerprint density at radius 2 is 1.95 bits per heavy atom. The van der Waals surface area contributed by atoms with Gasteiger partial charge in [0.05, 0.1) is 20.8 Å². The van der Waals surface area contributed by atoms with E-state index in [9.17, 15) is 15.0 Å². The number of carbonyl (C=O) groups excluding carboxylic acids is 1. The Balaban J connectivity index is 2.99. The Morgan fingerprint density at radius 3 is 2.50 bits per heavy atom. The van der Waals surface area contributed by atoms with E-state index in [0.29, 0.717) is 0 Å². The van der Waals surface area contributed by atoms with Crippen molar-refractivity contribution < 1.29 is 29.2 Å². The zero-order valence-electron chi connectivity index (χ0n) is 11.5. The van der Waals surface area contributed by atoms with Gasteiger partial charge in [-0.25, -0.2) is 0 Å². The summed E-state index contributed by atoms with van der Waals surface area (Å²) >= 11 is 0. The first-order valence-electron chi connectivity index (χ1n) is 5.87. The zero-order chi connectivity index (χ0) is 15.1. The fourth-order valence-corrected chi connectivity index (χ4v) is 1.55. The Morgan fingerprint density at radius 1 is 1.30 bits per heavy atom. The van der Waals surface area contributed by atoms with Crippen molar-refractivity contribution in [3.63, 3.8) is 0 Å². The second-order valence-electron chi connectivity index (χ2n) is 3.67. The molecule has 0 unspecified atom stereocenters. The summed E-state index contributed by atoms with van der Waals surface area (Å²) in [4.78, 5) is 14.9. The topological polar surface area (TPSA) is 97.6 Å². The number of aliphatic imine (C=N–C) groups is 1. The molecule has 110 valence electrons. The van der Waals surface area contributed by atoms with Crippen molar-refractivity contribution in [2.24, 2.45) is 4.99 Å². The minimum atomic E-state index is -0.479. The number of carbonyl (C=O) groups is 1. The number of rotatable bonds is 6. The van der Waals surface area contributed by atoms with Crippen molar-refractivity contribution in [3.05, 3.63) is 11.6 Å². The molecule has 0 saturated carbocycles. The van der Waals surface area contributed by atoms with Crippen LogP contribution in [0.4, 0.5) is 0 Å². The summed E-state index contributed by atoms with van der Waals surface area (Å²) in [5, 5.41) is 19.7. The van der Waals surface area contributed by atoms with E-state index in [0.717, 1.165) is 0 Å². The molecule has 0 radical (unpaired) electrons. The third kappa shape index (κ3) is 3.53. The minimum Gasteiger partial charge on any atom is -0.504 e. The van der Waals surface area contributed by atoms with E-state index in [4.69, 9.17) is 14.2 Å². The lowest BCUT2D eigenvalue weighted by molar-refractivity contribution is -0.141. The predicted molar refractivity (Wildman–Crippen MR) is 72.0 cm³/mol. The van der Waals surface area contributed by atoms with Crippen LogP contribution in [0.1, 0.15) is 12.5 Å². The van der Waals surface area contributed by atoms with Gasteiger partial charge in [0.2, 0.25) is 11.5 Å². The molecule has 0 heterocycles. The van der Waals surface area contributed by atoms with Gasteiger partial charge in [-0.15, -0.1) is 0 Å². The predicted octanol–water partition coefficient (Wildman–Crippen LogP) is 1.10. The van der Waals surface area contributed by atoms with Gasteiger partial charge < -0.3 is 24.4 Å². The van der Waals surface area contributed by atoms with Crippen LogP contribution < -0.4 is 9.47 Å². The molecule has 0 aliphatic carbocycles. The summed E-state index contributed by atoms with van der Waals surface area (Å²) in [6.07, 6.45) is 1.24. The number of phenolic OH excluding ortho intramolecular Hbond substituents is 2. The van der Waals surface area contributed by atoms with Crippen LogP contribution in [0.3, 0.4) is 0 Å². The lowest BCUT2D eigenvalue weighted by Crippen LogP contribution is -2.07. The Bertz CT molecular complexity index is 512. The van der Waals surface area contributed by atoms with Gasteiger partial charge in [0.15, 0.2) is 11.5 Å². The van der Waals surface area contributed by atoms with Gasteiger partial charge in [-0.1, -0.05) is 0 Å². The average molecular weight is 283 g/mol. The normalized spacial score (nSPS) is 10.6. The fraction of sp³-hybridized carbons (Fsp3) is 0.385. The van der Waals surface area contributed by atoms with Crippen LogP contribution in [-0.4, -0.2) is 49.8 Å². The highest BCUT2D eigenvalue weighted by molar-refractivity contribution is 5.88. The van der Waals surface area contributed by atoms with E-state index in [1.807, 2.05) is 0 Å². The lowest BCUT2D eigenvalue weighted by Gasteiger charge is -2.12. The van der Waals surface area contributed by atoms with Gasteiger partial charge in [-0.2, -0.15) is 0 Å². The molecule has 0 aliphatic heterocycles. The molecule has 0 amide bonds. The number of hydrogen-bond acceptors (Lipinski definition) is 7. The smallest absolute Gasteiger partial charge is 0.327 e. The summed E-state index contributed by atoms with van der Waals surface area (Å²) in [5.74, 6) is -0.917. The molecule has 1 aromatic carbocycles. The maximum atomic E-state index is 11.1. The Hall–Kier alpha value is -2.44. The lowest BCUT2D eigenvalue weighted by atomic mass is 10.1. The molecule has 2 N–H and O–H groups in total. The number of aromatic hydroxyl groups is 2. The largest absolute Gasteiger partial charge is 0.504 e. The van der Waals surface area contributed by atoms with E-state index in [1.54, 1.807) is 6.92 Å². The van der Waals surface area contributed by atoms with Gasteiger partial charge in [0, 0.05) is 11.8 Å². The highest BCUT2D eigenvalue weighted by Gasteiger charge is 2.18. The number of benzene rings is 1. The van der Waals surface area contributed by atoms with Crippen molar-refractivity contribution in [2.75, 3.05) is 27.4 Å². The first kappa shape index (κ1) is 15.6. The maximum absolute atomic E-state index is 11.1. The quantitative estimate of drug-likeness (QED) is 0.461. The van der Waals surface area contributed by atoms with Gasteiger partial charge in [-0.05, 0) is 13.0 Å². The highest BCUT2D eigenvalue weighted by atomic mass is 16.5. The molecule has 1 rings (SSSR count). The molecular formula is C13H17NO6. The van der Waals surface area contributed by atoms with Crippen LogP contribution in [0.25, 0.3) is 0 Å². The molecule has 20 heavy (non-hydrogen) atoms. The first-order valence-corrected chi connectivity index (χ1v) is 5.87. The second kappa shape index (κ2) is 7.22. The SMILES string of the molecule is CCOC(=O)CN=Cc1cc(O)c(OC)c(OC)c1O. The summed E-state index contributed by atoms with van der Waals surface area (Å²) < 4.78 is 14.6. The fourth-order valence-electron chi connectivity index (χ4n) is 1.55. The molecule has 0 aromatic heterocycles. The molecule has 1 aromatic rings. The van der Waals surface area contributed by atoms with Gasteiger partial charge in [-0.3, -0.25) is 9.79 Å². The molecule has 0 atom stereocenters. The molecule has 0 saturated heterocycles. The van der Waals surface area contributed by atoms with E-state index in [-0.39, 0.29) is 41.7 Å². The third-order valence-corrected chi connectivity index (χ3v) is 2.38. The average Bonchev–Trinajstić information content (AvgIpc) is 2.42. The van der Waals surface area contributed by atoms with Crippen molar-refractivity contribution in [1.29, 1.82) is 0 Å². The van der Waals surface area contributed by atoms with Crippen LogP contribution in [-0.2, 0) is 9.53 Å². The van der Waals surface area contributed by atoms with Crippen LogP contribution in [0.5, 0.6) is 23.0 Å². The molecular weight excluding hydrogens is 266 g/mol. The van der Waals surface area contributed by atoms with Crippen molar-refractivity contribution in [3.8, 4) is 23.0 Å². The summed E-state index contributed by atoms with van der Waals surface area (Å²) in [6, 6.07) is 1.26. The minimum absolute atomic E-state index is 0.00918. The van der Waals surface area contributed by atoms with Crippen LogP contribution >= 0.6 is 0 Å². The van der Waals surface area contributed by atoms with Crippen molar-refractivity contribution >= 4 is 12.2 Å². The van der Waals surface area contributed by atoms with E-state index in [2.05, 4.69) is 4.99 Å². The summed E-state index contributed by atoms with van der Waals surface area (Å²) in [6.45, 7) is 1.79. The number of phenols is 2. The number of hydrogen-bond donors (Lipinski definition) is 2. The summed E-state index contributed by atoms with van der Waals surface area (Å²) in [7, 11) is 2.67. The highest BCUT2D eigenvalue weighted by Crippen LogP contribution is 2.44. The van der Waals surface area contributed by atoms with Gasteiger partial charge in [0.25, 0.3) is 0 Å². The first-order chi connectivity index (χ1) is 9.54. The Kier molecular flexibility index (Phi) is 5.64. The molecule has 7 heteroatoms. The van der Waals surface area contributed by atoms with Crippen molar-refractivity contribution in [2.45, 2.75) is 6.92 Å². The van der Waals surface area contributed by atoms with Crippen LogP contribution in [0.15, 0.2) is 11.1 Å². The molecule has 0 aliphatic rings. The Labute approximate surface area is 116 Å². The monoisotopic (exact) mass is 283 g/mol.